The molecule has 0 bridgehead atoms. The fourth-order valence-electron chi connectivity index (χ4n) is 5.58. The predicted octanol–water partition coefficient (Wildman–Crippen LogP) is 5.11. The van der Waals surface area contributed by atoms with Crippen LogP contribution in [0.25, 0.3) is 0 Å². The largest absolute Gasteiger partial charge is 0.382 e. The molecule has 3 heterocycles. The maximum Gasteiger partial charge on any atom is 0.254 e. The second-order valence-electron chi connectivity index (χ2n) is 10.1. The molecule has 0 aliphatic carbocycles. The van der Waals surface area contributed by atoms with Gasteiger partial charge in [0, 0.05) is 69.0 Å². The lowest BCUT2D eigenvalue weighted by Crippen LogP contribution is -2.49. The topological polar surface area (TPSA) is 90.1 Å². The first-order valence-corrected chi connectivity index (χ1v) is 14.5. The number of anilines is 2. The van der Waals surface area contributed by atoms with E-state index in [1.807, 2.05) is 24.0 Å². The van der Waals surface area contributed by atoms with Gasteiger partial charge < -0.3 is 20.0 Å². The molecule has 2 saturated heterocycles. The number of piperazine rings is 1. The fourth-order valence-corrected chi connectivity index (χ4v) is 6.19. The molecular formula is C29H38ClN7OS. The molecule has 1 aromatic carbocycles. The molecule has 1 amide bonds. The minimum atomic E-state index is 0.0860. The Bertz CT molecular complexity index is 1260. The Morgan fingerprint density at radius 3 is 2.46 bits per heavy atom. The zero-order chi connectivity index (χ0) is 28.1. The minimum Gasteiger partial charge on any atom is -0.382 e. The van der Waals surface area contributed by atoms with Crippen LogP contribution in [-0.2, 0) is 0 Å². The number of amides is 1. The molecule has 208 valence electrons. The summed E-state index contributed by atoms with van der Waals surface area (Å²) < 4.78 is 0. The van der Waals surface area contributed by atoms with Gasteiger partial charge >= 0.3 is 0 Å². The van der Waals surface area contributed by atoms with Crippen molar-refractivity contribution >= 4 is 46.8 Å². The number of pyridine rings is 1. The first-order valence-electron chi connectivity index (χ1n) is 13.3. The summed E-state index contributed by atoms with van der Waals surface area (Å²) in [7, 11) is 0. The number of hydrogen-bond acceptors (Lipinski definition) is 7. The van der Waals surface area contributed by atoms with Gasteiger partial charge in [0.1, 0.15) is 11.7 Å². The number of amidine groups is 1. The summed E-state index contributed by atoms with van der Waals surface area (Å²) in [5.41, 5.74) is 5.02. The maximum atomic E-state index is 13.8. The average Bonchev–Trinajstić information content (AvgIpc) is 2.94. The van der Waals surface area contributed by atoms with Crippen LogP contribution < -0.4 is 15.4 Å². The Kier molecular flexibility index (Phi) is 9.58. The van der Waals surface area contributed by atoms with E-state index in [2.05, 4.69) is 58.2 Å². The van der Waals surface area contributed by atoms with Crippen LogP contribution >= 0.6 is 23.5 Å². The fraction of sp³-hybridized carbons (Fsp3) is 0.414. The molecule has 39 heavy (non-hydrogen) atoms. The Balaban J connectivity index is 1.45. The predicted molar refractivity (Wildman–Crippen MR) is 164 cm³/mol. The number of aliphatic imine (C=N–C) groups is 1. The van der Waals surface area contributed by atoms with Crippen LogP contribution in [0.15, 0.2) is 58.7 Å². The van der Waals surface area contributed by atoms with Crippen LogP contribution in [0.4, 0.5) is 11.5 Å². The molecule has 0 atom stereocenters. The van der Waals surface area contributed by atoms with Crippen molar-refractivity contribution in [2.45, 2.75) is 44.6 Å². The third-order valence-electron chi connectivity index (χ3n) is 7.53. The molecular weight excluding hydrogens is 530 g/mol. The van der Waals surface area contributed by atoms with Crippen LogP contribution in [0.5, 0.6) is 0 Å². The van der Waals surface area contributed by atoms with E-state index < -0.39 is 0 Å². The van der Waals surface area contributed by atoms with E-state index in [1.165, 1.54) is 18.1 Å². The molecule has 0 saturated carbocycles. The zero-order valence-electron chi connectivity index (χ0n) is 23.0. The van der Waals surface area contributed by atoms with Gasteiger partial charge in [-0.1, -0.05) is 30.8 Å². The first-order chi connectivity index (χ1) is 18.7. The van der Waals surface area contributed by atoms with Gasteiger partial charge in [-0.05, 0) is 74.4 Å². The van der Waals surface area contributed by atoms with Crippen LogP contribution in [0.1, 0.15) is 39.9 Å². The van der Waals surface area contributed by atoms with Crippen LogP contribution in [0, 0.1) is 20.8 Å². The highest BCUT2D eigenvalue weighted by Crippen LogP contribution is 2.31. The number of nitrogens with zero attached hydrogens (tertiary/aromatic N) is 5. The van der Waals surface area contributed by atoms with Gasteiger partial charge in [0.25, 0.3) is 5.91 Å². The van der Waals surface area contributed by atoms with Gasteiger partial charge in [-0.3, -0.25) is 9.93 Å². The lowest BCUT2D eigenvalue weighted by molar-refractivity contribution is 0.0745. The smallest absolute Gasteiger partial charge is 0.254 e. The molecule has 0 unspecified atom stereocenters. The number of aryl methyl sites for hydroxylation is 2. The van der Waals surface area contributed by atoms with Crippen LogP contribution in [0.2, 0.25) is 0 Å². The normalized spacial score (nSPS) is 16.8. The highest BCUT2D eigenvalue weighted by atomic mass is 35.5. The van der Waals surface area contributed by atoms with Crippen molar-refractivity contribution in [3.8, 4) is 0 Å². The van der Waals surface area contributed by atoms with Gasteiger partial charge in [-0.2, -0.15) is 0 Å². The Morgan fingerprint density at radius 2 is 1.85 bits per heavy atom. The average molecular weight is 568 g/mol. The summed E-state index contributed by atoms with van der Waals surface area (Å²) in [5, 5.41) is 10.0. The second-order valence-corrected chi connectivity index (χ2v) is 11.2. The number of benzene rings is 1. The van der Waals surface area contributed by atoms with Gasteiger partial charge in [-0.15, -0.1) is 0 Å². The van der Waals surface area contributed by atoms with Crippen LogP contribution in [-0.4, -0.2) is 71.8 Å². The van der Waals surface area contributed by atoms with Crippen molar-refractivity contribution in [2.24, 2.45) is 10.1 Å². The zero-order valence-corrected chi connectivity index (χ0v) is 24.6. The number of piperidine rings is 1. The number of rotatable bonds is 7. The standard InChI is InChI=1S/C29H38ClN7OS/c1-6-32-27(22(5)30)35-12-9-23(10-13-35)34-26-20(3)18-19(2)25(21(26)4)29(38)37-16-14-36(15-17-37)28-24(39-31)8-7-11-33-28/h6-8,11,18,23,34H,1,5,9-10,12-17,31H2,2-4H3. The Hall–Kier alpha value is -3.01. The van der Waals surface area contributed by atoms with E-state index in [1.54, 1.807) is 6.20 Å². The lowest BCUT2D eigenvalue weighted by Gasteiger charge is -2.37. The summed E-state index contributed by atoms with van der Waals surface area (Å²) in [6.45, 7) is 18.1. The van der Waals surface area contributed by atoms with Gasteiger partial charge in [-0.25, -0.2) is 9.98 Å². The number of halogens is 1. The van der Waals surface area contributed by atoms with E-state index in [4.69, 9.17) is 16.7 Å². The molecule has 4 rings (SSSR count). The van der Waals surface area contributed by atoms with E-state index in [0.29, 0.717) is 24.0 Å². The molecule has 0 spiro atoms. The molecule has 3 N–H and O–H groups in total. The Labute approximate surface area is 241 Å². The number of nitrogens with two attached hydrogens (primary N) is 1. The highest BCUT2D eigenvalue weighted by molar-refractivity contribution is 7.97. The van der Waals surface area contributed by atoms with Crippen molar-refractivity contribution in [3.63, 3.8) is 0 Å². The third kappa shape index (κ3) is 6.42. The minimum absolute atomic E-state index is 0.0860. The van der Waals surface area contributed by atoms with Gasteiger partial charge in [0.05, 0.1) is 9.93 Å². The number of nitrogens with one attached hydrogen (secondary N) is 1. The molecule has 10 heteroatoms. The molecule has 2 aromatic rings. The van der Waals surface area contributed by atoms with E-state index >= 15 is 0 Å². The number of carbonyl (C=O) groups is 1. The number of carbonyl (C=O) groups excluding carboxylic acids is 1. The van der Waals surface area contributed by atoms with Crippen LogP contribution in [0.3, 0.4) is 0 Å². The summed E-state index contributed by atoms with van der Waals surface area (Å²) in [4.78, 5) is 29.9. The maximum absolute atomic E-state index is 13.8. The van der Waals surface area contributed by atoms with Crippen molar-refractivity contribution in [3.05, 3.63) is 71.0 Å². The SMILES string of the molecule is C=CN=C(C(=C)Cl)N1CCC(Nc2c(C)cc(C)c(C(=O)N3CCN(c4ncccc4SN)CC3)c2C)CC1. The van der Waals surface area contributed by atoms with Crippen molar-refractivity contribution < 1.29 is 4.79 Å². The van der Waals surface area contributed by atoms with Gasteiger partial charge in [0.2, 0.25) is 0 Å². The van der Waals surface area contributed by atoms with E-state index in [9.17, 15) is 4.79 Å². The Morgan fingerprint density at radius 1 is 1.15 bits per heavy atom. The van der Waals surface area contributed by atoms with Crippen molar-refractivity contribution in [1.29, 1.82) is 0 Å². The number of likely N-dealkylation sites (tertiary alicyclic amines) is 1. The first kappa shape index (κ1) is 29.0. The quantitative estimate of drug-likeness (QED) is 0.273. The van der Waals surface area contributed by atoms with Crippen molar-refractivity contribution in [1.82, 2.24) is 14.8 Å². The summed E-state index contributed by atoms with van der Waals surface area (Å²) in [6.07, 6.45) is 5.13. The third-order valence-corrected chi connectivity index (χ3v) is 8.27. The number of hydrogen-bond donors (Lipinski definition) is 2. The number of aromatic nitrogens is 1. The summed E-state index contributed by atoms with van der Waals surface area (Å²) in [6, 6.07) is 6.28. The molecule has 2 aliphatic rings. The summed E-state index contributed by atoms with van der Waals surface area (Å²) >= 11 is 7.37. The molecule has 2 aliphatic heterocycles. The monoisotopic (exact) mass is 567 g/mol. The molecule has 8 nitrogen and oxygen atoms in total. The van der Waals surface area contributed by atoms with Gasteiger partial charge in [0.15, 0.2) is 0 Å². The molecule has 2 fully saturated rings. The second kappa shape index (κ2) is 12.9. The highest BCUT2D eigenvalue weighted by Gasteiger charge is 2.28. The van der Waals surface area contributed by atoms with E-state index in [-0.39, 0.29) is 11.9 Å². The lowest BCUT2D eigenvalue weighted by atomic mass is 9.94. The van der Waals surface area contributed by atoms with E-state index in [0.717, 1.165) is 77.7 Å². The molecule has 0 radical (unpaired) electrons. The molecule has 1 aromatic heterocycles. The van der Waals surface area contributed by atoms with Crippen molar-refractivity contribution in [2.75, 3.05) is 49.5 Å². The summed E-state index contributed by atoms with van der Waals surface area (Å²) in [5.74, 6) is 1.65.